The predicted molar refractivity (Wildman–Crippen MR) is 147 cm³/mol. The van der Waals surface area contributed by atoms with Crippen LogP contribution in [0.2, 0.25) is 0 Å². The van der Waals surface area contributed by atoms with E-state index >= 15 is 0 Å². The lowest BCUT2D eigenvalue weighted by Crippen LogP contribution is -2.49. The van der Waals surface area contributed by atoms with E-state index in [2.05, 4.69) is 22.0 Å². The molecule has 0 bridgehead atoms. The normalized spacial score (nSPS) is 16.9. The van der Waals surface area contributed by atoms with Gasteiger partial charge in [-0.3, -0.25) is 9.69 Å². The van der Waals surface area contributed by atoms with Gasteiger partial charge in [-0.25, -0.2) is 14.6 Å². The first-order valence-electron chi connectivity index (χ1n) is 13.1. The molecule has 0 aliphatic carbocycles. The number of piperazine rings is 1. The molecular weight excluding hydrogens is 510 g/mol. The molecule has 0 saturated carbocycles. The van der Waals surface area contributed by atoms with Crippen molar-refractivity contribution in [1.29, 1.82) is 5.26 Å². The highest BCUT2D eigenvalue weighted by Crippen LogP contribution is 2.27. The van der Waals surface area contributed by atoms with Gasteiger partial charge in [0.1, 0.15) is 31.1 Å². The summed E-state index contributed by atoms with van der Waals surface area (Å²) in [6, 6.07) is 16.9. The van der Waals surface area contributed by atoms with Gasteiger partial charge >= 0.3 is 12.1 Å². The molecule has 2 aliphatic rings. The van der Waals surface area contributed by atoms with Crippen molar-refractivity contribution in [1.82, 2.24) is 9.88 Å². The SMILES string of the molecule is Cc1cnc(N2CCN(C(=O)c3ccc(N4C(=O)OCC4COC(=O)c4ccccc4)cc3C#N)CC2)c(C)c1. The smallest absolute Gasteiger partial charge is 0.414 e. The molecule has 2 aromatic carbocycles. The number of carbonyl (C=O) groups is 3. The van der Waals surface area contributed by atoms with Crippen LogP contribution in [0.1, 0.15) is 37.4 Å². The van der Waals surface area contributed by atoms with Crippen LogP contribution < -0.4 is 9.80 Å². The third kappa shape index (κ3) is 5.45. The molecule has 2 aliphatic heterocycles. The number of esters is 1. The highest BCUT2D eigenvalue weighted by atomic mass is 16.6. The topological polar surface area (TPSA) is 116 Å². The molecule has 2 amide bonds. The number of pyridine rings is 1. The molecule has 2 fully saturated rings. The van der Waals surface area contributed by atoms with E-state index in [1.54, 1.807) is 47.4 Å². The Morgan fingerprint density at radius 3 is 2.52 bits per heavy atom. The molecule has 0 N–H and O–H groups in total. The first kappa shape index (κ1) is 26.7. The fourth-order valence-electron chi connectivity index (χ4n) is 5.02. The first-order chi connectivity index (χ1) is 19.4. The van der Waals surface area contributed by atoms with Crippen molar-refractivity contribution in [2.45, 2.75) is 19.9 Å². The summed E-state index contributed by atoms with van der Waals surface area (Å²) < 4.78 is 10.6. The average molecular weight is 540 g/mol. The van der Waals surface area contributed by atoms with Gasteiger partial charge in [0.15, 0.2) is 0 Å². The molecule has 10 nitrogen and oxygen atoms in total. The van der Waals surface area contributed by atoms with E-state index in [0.717, 1.165) is 16.9 Å². The number of aromatic nitrogens is 1. The summed E-state index contributed by atoms with van der Waals surface area (Å²) in [6.07, 6.45) is 1.23. The summed E-state index contributed by atoms with van der Waals surface area (Å²) in [4.78, 5) is 48.1. The number of amides is 2. The van der Waals surface area contributed by atoms with Gasteiger partial charge in [-0.1, -0.05) is 24.3 Å². The monoisotopic (exact) mass is 539 g/mol. The largest absolute Gasteiger partial charge is 0.460 e. The summed E-state index contributed by atoms with van der Waals surface area (Å²) in [5.41, 5.74) is 3.41. The van der Waals surface area contributed by atoms with Crippen LogP contribution >= 0.6 is 0 Å². The van der Waals surface area contributed by atoms with Gasteiger partial charge in [-0.05, 0) is 55.3 Å². The fourth-order valence-corrected chi connectivity index (χ4v) is 5.02. The molecule has 10 heteroatoms. The van der Waals surface area contributed by atoms with Gasteiger partial charge in [0, 0.05) is 38.1 Å². The Kier molecular flexibility index (Phi) is 7.64. The van der Waals surface area contributed by atoms with E-state index in [9.17, 15) is 19.6 Å². The van der Waals surface area contributed by atoms with Crippen LogP contribution in [0.5, 0.6) is 0 Å². The van der Waals surface area contributed by atoms with Gasteiger partial charge in [0.2, 0.25) is 0 Å². The number of nitriles is 1. The number of anilines is 2. The zero-order chi connectivity index (χ0) is 28.2. The number of hydrogen-bond donors (Lipinski definition) is 0. The third-order valence-electron chi connectivity index (χ3n) is 7.06. The number of rotatable bonds is 6. The van der Waals surface area contributed by atoms with Crippen LogP contribution in [0, 0.1) is 25.2 Å². The minimum atomic E-state index is -0.611. The van der Waals surface area contributed by atoms with Crippen LogP contribution in [-0.4, -0.2) is 73.3 Å². The Morgan fingerprint density at radius 2 is 1.82 bits per heavy atom. The highest BCUT2D eigenvalue weighted by molar-refractivity contribution is 5.98. The van der Waals surface area contributed by atoms with Crippen LogP contribution in [0.3, 0.4) is 0 Å². The first-order valence-corrected chi connectivity index (χ1v) is 13.1. The second kappa shape index (κ2) is 11.5. The number of nitrogens with zero attached hydrogens (tertiary/aromatic N) is 5. The minimum absolute atomic E-state index is 0.0308. The third-order valence-corrected chi connectivity index (χ3v) is 7.06. The van der Waals surface area contributed by atoms with Crippen molar-refractivity contribution in [3.63, 3.8) is 0 Å². The Hall–Kier alpha value is -4.91. The lowest BCUT2D eigenvalue weighted by atomic mass is 10.0. The number of ether oxygens (including phenoxy) is 2. The molecule has 3 heterocycles. The molecular formula is C30H29N5O5. The summed E-state index contributed by atoms with van der Waals surface area (Å²) in [5.74, 6) is 0.168. The second-order valence-electron chi connectivity index (χ2n) is 9.84. The zero-order valence-corrected chi connectivity index (χ0v) is 22.4. The molecule has 204 valence electrons. The van der Waals surface area contributed by atoms with E-state index in [0.29, 0.717) is 37.4 Å². The van der Waals surface area contributed by atoms with Crippen LogP contribution in [-0.2, 0) is 9.47 Å². The molecule has 40 heavy (non-hydrogen) atoms. The molecule has 1 aromatic heterocycles. The van der Waals surface area contributed by atoms with Gasteiger partial charge in [-0.2, -0.15) is 5.26 Å². The zero-order valence-electron chi connectivity index (χ0n) is 22.4. The maximum Gasteiger partial charge on any atom is 0.414 e. The van der Waals surface area contributed by atoms with Gasteiger partial charge in [0.25, 0.3) is 5.91 Å². The Morgan fingerprint density at radius 1 is 1.07 bits per heavy atom. The lowest BCUT2D eigenvalue weighted by Gasteiger charge is -2.36. The lowest BCUT2D eigenvalue weighted by molar-refractivity contribution is 0.0475. The van der Waals surface area contributed by atoms with E-state index in [4.69, 9.17) is 9.47 Å². The Bertz CT molecular complexity index is 1480. The highest BCUT2D eigenvalue weighted by Gasteiger charge is 2.36. The van der Waals surface area contributed by atoms with Crippen LogP contribution in [0.4, 0.5) is 16.3 Å². The minimum Gasteiger partial charge on any atom is -0.460 e. The summed E-state index contributed by atoms with van der Waals surface area (Å²) in [7, 11) is 0. The number of benzene rings is 2. The molecule has 3 aromatic rings. The maximum absolute atomic E-state index is 13.4. The van der Waals surface area contributed by atoms with Crippen molar-refractivity contribution in [2.24, 2.45) is 0 Å². The quantitative estimate of drug-likeness (QED) is 0.436. The molecule has 2 saturated heterocycles. The molecule has 1 atom stereocenters. The maximum atomic E-state index is 13.4. The van der Waals surface area contributed by atoms with Crippen molar-refractivity contribution < 1.29 is 23.9 Å². The van der Waals surface area contributed by atoms with E-state index in [1.165, 1.54) is 11.0 Å². The number of carbonyl (C=O) groups excluding carboxylic acids is 3. The molecule has 0 radical (unpaired) electrons. The Balaban J connectivity index is 1.26. The van der Waals surface area contributed by atoms with E-state index in [1.807, 2.05) is 20.0 Å². The molecule has 5 rings (SSSR count). The van der Waals surface area contributed by atoms with Crippen molar-refractivity contribution in [3.8, 4) is 6.07 Å². The summed E-state index contributed by atoms with van der Waals surface area (Å²) in [6.45, 7) is 6.23. The fraction of sp³-hybridized carbons (Fsp3) is 0.300. The summed E-state index contributed by atoms with van der Waals surface area (Å²) in [5, 5.41) is 9.87. The van der Waals surface area contributed by atoms with Crippen molar-refractivity contribution in [3.05, 3.63) is 88.6 Å². The van der Waals surface area contributed by atoms with Gasteiger partial charge < -0.3 is 19.3 Å². The van der Waals surface area contributed by atoms with Gasteiger partial charge in [-0.15, -0.1) is 0 Å². The van der Waals surface area contributed by atoms with Crippen molar-refractivity contribution in [2.75, 3.05) is 49.2 Å². The second-order valence-corrected chi connectivity index (χ2v) is 9.84. The number of cyclic esters (lactones) is 1. The van der Waals surface area contributed by atoms with Gasteiger partial charge in [0.05, 0.1) is 16.7 Å². The Labute approximate surface area is 232 Å². The predicted octanol–water partition coefficient (Wildman–Crippen LogP) is 3.71. The summed E-state index contributed by atoms with van der Waals surface area (Å²) >= 11 is 0. The van der Waals surface area contributed by atoms with Crippen molar-refractivity contribution >= 4 is 29.5 Å². The van der Waals surface area contributed by atoms with E-state index < -0.39 is 18.1 Å². The van der Waals surface area contributed by atoms with Crippen LogP contribution in [0.25, 0.3) is 0 Å². The van der Waals surface area contributed by atoms with Crippen LogP contribution in [0.15, 0.2) is 60.8 Å². The molecule has 0 spiro atoms. The number of aryl methyl sites for hydroxylation is 2. The number of hydrogen-bond acceptors (Lipinski definition) is 8. The molecule has 1 unspecified atom stereocenters. The average Bonchev–Trinajstić information content (AvgIpc) is 3.35. The standard InChI is InChI=1S/C30H29N5O5/c1-20-14-21(2)27(32-17-20)33-10-12-34(13-11-33)28(36)26-9-8-24(15-23(26)16-31)35-25(19-40-30(35)38)18-39-29(37)22-6-4-3-5-7-22/h3-9,14-15,17,25H,10-13,18-19H2,1-2H3. The van der Waals surface area contributed by atoms with E-state index in [-0.39, 0.29) is 30.2 Å².